The fraction of sp³-hybridized carbons (Fsp3) is 0.500. The molecule has 1 aliphatic heterocycles. The zero-order chi connectivity index (χ0) is 23.3. The van der Waals surface area contributed by atoms with Gasteiger partial charge in [0.1, 0.15) is 17.8 Å². The SMILES string of the molecule is CC(C)N(C(=O)COc1coc(CN2CCN(c3ccc(F)cc3)CC2)cc1=O)C(C)C. The molecule has 0 atom stereocenters. The number of halogens is 1. The zero-order valence-corrected chi connectivity index (χ0v) is 19.2. The lowest BCUT2D eigenvalue weighted by molar-refractivity contribution is -0.137. The topological polar surface area (TPSA) is 66.2 Å². The maximum atomic E-state index is 13.1. The molecule has 174 valence electrons. The number of amides is 1. The average molecular weight is 446 g/mol. The Labute approximate surface area is 188 Å². The number of anilines is 1. The van der Waals surface area contributed by atoms with Gasteiger partial charge in [-0.2, -0.15) is 0 Å². The second-order valence-corrected chi connectivity index (χ2v) is 8.59. The van der Waals surface area contributed by atoms with Gasteiger partial charge in [0.25, 0.3) is 5.91 Å². The van der Waals surface area contributed by atoms with Crippen LogP contribution >= 0.6 is 0 Å². The average Bonchev–Trinajstić information content (AvgIpc) is 2.74. The zero-order valence-electron chi connectivity index (χ0n) is 19.2. The van der Waals surface area contributed by atoms with Crippen molar-refractivity contribution >= 4 is 11.6 Å². The summed E-state index contributed by atoms with van der Waals surface area (Å²) >= 11 is 0. The quantitative estimate of drug-likeness (QED) is 0.622. The molecule has 1 aliphatic rings. The van der Waals surface area contributed by atoms with Gasteiger partial charge in [0.2, 0.25) is 11.2 Å². The summed E-state index contributed by atoms with van der Waals surface area (Å²) in [5.41, 5.74) is 0.701. The Morgan fingerprint density at radius 1 is 1.09 bits per heavy atom. The Balaban J connectivity index is 1.52. The van der Waals surface area contributed by atoms with E-state index in [1.165, 1.54) is 24.5 Å². The second-order valence-electron chi connectivity index (χ2n) is 8.59. The molecule has 32 heavy (non-hydrogen) atoms. The molecule has 8 heteroatoms. The van der Waals surface area contributed by atoms with Crippen LogP contribution in [0.5, 0.6) is 5.75 Å². The highest BCUT2D eigenvalue weighted by molar-refractivity contribution is 5.78. The Bertz CT molecular complexity index is 942. The lowest BCUT2D eigenvalue weighted by atomic mass is 10.2. The van der Waals surface area contributed by atoms with Crippen molar-refractivity contribution in [3.63, 3.8) is 0 Å². The molecule has 0 bridgehead atoms. The molecule has 0 saturated carbocycles. The molecule has 3 rings (SSSR count). The fourth-order valence-corrected chi connectivity index (χ4v) is 4.05. The van der Waals surface area contributed by atoms with Gasteiger partial charge < -0.3 is 19.0 Å². The van der Waals surface area contributed by atoms with E-state index in [0.29, 0.717) is 12.3 Å². The highest BCUT2D eigenvalue weighted by Gasteiger charge is 2.22. The van der Waals surface area contributed by atoms with Gasteiger partial charge in [-0.3, -0.25) is 14.5 Å². The van der Waals surface area contributed by atoms with E-state index >= 15 is 0 Å². The molecule has 1 saturated heterocycles. The maximum absolute atomic E-state index is 13.1. The van der Waals surface area contributed by atoms with Gasteiger partial charge in [-0.05, 0) is 52.0 Å². The van der Waals surface area contributed by atoms with Crippen molar-refractivity contribution < 1.29 is 18.3 Å². The van der Waals surface area contributed by atoms with Crippen LogP contribution in [0.25, 0.3) is 0 Å². The van der Waals surface area contributed by atoms with E-state index in [9.17, 15) is 14.0 Å². The summed E-state index contributed by atoms with van der Waals surface area (Å²) in [6.45, 7) is 11.3. The molecule has 1 amide bonds. The van der Waals surface area contributed by atoms with E-state index in [1.54, 1.807) is 17.0 Å². The predicted octanol–water partition coefficient (Wildman–Crippen LogP) is 3.13. The number of nitrogens with zero attached hydrogens (tertiary/aromatic N) is 3. The smallest absolute Gasteiger partial charge is 0.260 e. The molecule has 1 aromatic heterocycles. The van der Waals surface area contributed by atoms with Gasteiger partial charge in [-0.25, -0.2) is 4.39 Å². The molecule has 2 aromatic rings. The summed E-state index contributed by atoms with van der Waals surface area (Å²) in [5.74, 6) is 0.180. The van der Waals surface area contributed by atoms with Gasteiger partial charge in [0, 0.05) is 50.0 Å². The highest BCUT2D eigenvalue weighted by atomic mass is 19.1. The van der Waals surface area contributed by atoms with Crippen molar-refractivity contribution in [1.82, 2.24) is 9.80 Å². The maximum Gasteiger partial charge on any atom is 0.260 e. The van der Waals surface area contributed by atoms with Crippen LogP contribution in [0.2, 0.25) is 0 Å². The fourth-order valence-electron chi connectivity index (χ4n) is 4.05. The number of carbonyl (C=O) groups is 1. The summed E-state index contributed by atoms with van der Waals surface area (Å²) in [6, 6.07) is 8.04. The summed E-state index contributed by atoms with van der Waals surface area (Å²) in [5, 5.41) is 0. The Morgan fingerprint density at radius 2 is 1.72 bits per heavy atom. The van der Waals surface area contributed by atoms with E-state index in [1.807, 2.05) is 27.7 Å². The number of benzene rings is 1. The third-order valence-electron chi connectivity index (χ3n) is 5.55. The standard InChI is InChI=1S/C24H32FN3O4/c1-17(2)28(18(3)4)24(30)16-32-23-15-31-21(13-22(23)29)14-26-9-11-27(12-10-26)20-7-5-19(25)6-8-20/h5-8,13,15,17-18H,9-12,14,16H2,1-4H3. The summed E-state index contributed by atoms with van der Waals surface area (Å²) in [4.78, 5) is 31.0. The molecular formula is C24H32FN3O4. The van der Waals surface area contributed by atoms with Crippen LogP contribution < -0.4 is 15.1 Å². The minimum atomic E-state index is -0.301. The Morgan fingerprint density at radius 3 is 2.28 bits per heavy atom. The molecule has 1 fully saturated rings. The number of hydrogen-bond donors (Lipinski definition) is 0. The van der Waals surface area contributed by atoms with Crippen LogP contribution in [-0.2, 0) is 11.3 Å². The summed E-state index contributed by atoms with van der Waals surface area (Å²) < 4.78 is 24.2. The van der Waals surface area contributed by atoms with Crippen LogP contribution in [0.15, 0.2) is 45.8 Å². The van der Waals surface area contributed by atoms with E-state index < -0.39 is 0 Å². The van der Waals surface area contributed by atoms with Crippen LogP contribution in [-0.4, -0.2) is 60.6 Å². The molecule has 7 nitrogen and oxygen atoms in total. The largest absolute Gasteiger partial charge is 0.477 e. The van der Waals surface area contributed by atoms with E-state index in [0.717, 1.165) is 31.9 Å². The van der Waals surface area contributed by atoms with Crippen molar-refractivity contribution in [2.75, 3.05) is 37.7 Å². The van der Waals surface area contributed by atoms with Crippen LogP contribution in [0, 0.1) is 5.82 Å². The molecule has 1 aromatic carbocycles. The minimum absolute atomic E-state index is 0.0377. The van der Waals surface area contributed by atoms with Crippen molar-refractivity contribution in [3.8, 4) is 5.75 Å². The number of rotatable bonds is 8. The monoisotopic (exact) mass is 445 g/mol. The number of carbonyl (C=O) groups excluding carboxylic acids is 1. The van der Waals surface area contributed by atoms with Crippen molar-refractivity contribution in [3.05, 3.63) is 58.4 Å². The second kappa shape index (κ2) is 10.6. The van der Waals surface area contributed by atoms with Crippen LogP contribution in [0.3, 0.4) is 0 Å². The van der Waals surface area contributed by atoms with Crippen molar-refractivity contribution in [1.29, 1.82) is 0 Å². The first-order valence-corrected chi connectivity index (χ1v) is 11.0. The van der Waals surface area contributed by atoms with Gasteiger partial charge in [0.15, 0.2) is 6.61 Å². The first kappa shape index (κ1) is 23.8. The van der Waals surface area contributed by atoms with E-state index in [4.69, 9.17) is 9.15 Å². The first-order chi connectivity index (χ1) is 15.2. The molecule has 0 radical (unpaired) electrons. The van der Waals surface area contributed by atoms with Gasteiger partial charge in [0.05, 0.1) is 6.54 Å². The minimum Gasteiger partial charge on any atom is -0.477 e. The summed E-state index contributed by atoms with van der Waals surface area (Å²) in [7, 11) is 0. The summed E-state index contributed by atoms with van der Waals surface area (Å²) in [6.07, 6.45) is 1.29. The van der Waals surface area contributed by atoms with Gasteiger partial charge >= 0.3 is 0 Å². The lowest BCUT2D eigenvalue weighted by Gasteiger charge is -2.35. The van der Waals surface area contributed by atoms with Crippen LogP contribution in [0.1, 0.15) is 33.5 Å². The predicted molar refractivity (Wildman–Crippen MR) is 121 cm³/mol. The molecule has 2 heterocycles. The molecular weight excluding hydrogens is 413 g/mol. The molecule has 0 aliphatic carbocycles. The van der Waals surface area contributed by atoms with Crippen molar-refractivity contribution in [2.24, 2.45) is 0 Å². The van der Waals surface area contributed by atoms with Gasteiger partial charge in [-0.15, -0.1) is 0 Å². The highest BCUT2D eigenvalue weighted by Crippen LogP contribution is 2.18. The third-order valence-corrected chi connectivity index (χ3v) is 5.55. The van der Waals surface area contributed by atoms with Crippen LogP contribution in [0.4, 0.5) is 10.1 Å². The lowest BCUT2D eigenvalue weighted by Crippen LogP contribution is -2.46. The number of ether oxygens (including phenoxy) is 1. The van der Waals surface area contributed by atoms with E-state index in [2.05, 4.69) is 9.80 Å². The molecule has 0 N–H and O–H groups in total. The Hall–Kier alpha value is -2.87. The van der Waals surface area contributed by atoms with E-state index in [-0.39, 0.29) is 41.6 Å². The molecule has 0 unspecified atom stereocenters. The number of piperazine rings is 1. The van der Waals surface area contributed by atoms with Gasteiger partial charge in [-0.1, -0.05) is 0 Å². The third kappa shape index (κ3) is 6.09. The Kier molecular flexibility index (Phi) is 7.90. The van der Waals surface area contributed by atoms with Crippen molar-refractivity contribution in [2.45, 2.75) is 46.3 Å². The number of hydrogen-bond acceptors (Lipinski definition) is 6. The first-order valence-electron chi connectivity index (χ1n) is 11.0. The normalized spacial score (nSPS) is 14.8. The molecule has 0 spiro atoms.